The molecule has 0 saturated carbocycles. The van der Waals surface area contributed by atoms with E-state index in [2.05, 4.69) is 30.4 Å². The number of likely N-dealkylation sites (tertiary alicyclic amines) is 1. The van der Waals surface area contributed by atoms with E-state index in [9.17, 15) is 5.11 Å². The van der Waals surface area contributed by atoms with Gasteiger partial charge in [-0.3, -0.25) is 5.10 Å². The van der Waals surface area contributed by atoms with Crippen molar-refractivity contribution in [3.8, 4) is 0 Å². The fraction of sp³-hybridized carbons (Fsp3) is 0.588. The summed E-state index contributed by atoms with van der Waals surface area (Å²) in [5.74, 6) is 2.72. The molecule has 136 valence electrons. The van der Waals surface area contributed by atoms with E-state index in [1.54, 1.807) is 31.6 Å². The highest BCUT2D eigenvalue weighted by molar-refractivity contribution is 5.80. The largest absolute Gasteiger partial charge is 0.466 e. The third-order valence-electron chi connectivity index (χ3n) is 4.54. The summed E-state index contributed by atoms with van der Waals surface area (Å²) in [6, 6.07) is 3.54. The summed E-state index contributed by atoms with van der Waals surface area (Å²) >= 11 is 0. The molecule has 1 aliphatic rings. The van der Waals surface area contributed by atoms with E-state index < -0.39 is 5.60 Å². The van der Waals surface area contributed by atoms with Gasteiger partial charge in [0.25, 0.3) is 0 Å². The maximum absolute atomic E-state index is 10.6. The van der Waals surface area contributed by atoms with Gasteiger partial charge >= 0.3 is 0 Å². The summed E-state index contributed by atoms with van der Waals surface area (Å²) < 4.78 is 5.32. The number of aromatic amines is 1. The molecule has 1 atom stereocenters. The van der Waals surface area contributed by atoms with Crippen molar-refractivity contribution in [2.24, 2.45) is 4.99 Å². The van der Waals surface area contributed by atoms with Crippen molar-refractivity contribution < 1.29 is 9.52 Å². The van der Waals surface area contributed by atoms with Crippen LogP contribution in [0.25, 0.3) is 0 Å². The monoisotopic (exact) mass is 346 g/mol. The van der Waals surface area contributed by atoms with Gasteiger partial charge in [-0.1, -0.05) is 0 Å². The highest BCUT2D eigenvalue weighted by atomic mass is 16.4. The van der Waals surface area contributed by atoms with Crippen molar-refractivity contribution in [1.29, 1.82) is 0 Å². The van der Waals surface area contributed by atoms with Crippen molar-refractivity contribution in [2.75, 3.05) is 26.2 Å². The minimum absolute atomic E-state index is 0.241. The molecule has 0 radical (unpaired) electrons. The zero-order valence-corrected chi connectivity index (χ0v) is 14.8. The average molecular weight is 346 g/mol. The van der Waals surface area contributed by atoms with Gasteiger partial charge in [0.05, 0.1) is 12.8 Å². The van der Waals surface area contributed by atoms with Crippen LogP contribution in [0.1, 0.15) is 44.2 Å². The number of nitrogens with one attached hydrogen (secondary N) is 2. The van der Waals surface area contributed by atoms with Crippen LogP contribution in [-0.2, 0) is 5.60 Å². The fourth-order valence-corrected chi connectivity index (χ4v) is 3.09. The number of rotatable bonds is 5. The van der Waals surface area contributed by atoms with Gasteiger partial charge < -0.3 is 19.7 Å². The lowest BCUT2D eigenvalue weighted by molar-refractivity contribution is 0.0434. The Bertz CT molecular complexity index is 657. The molecule has 0 aromatic carbocycles. The molecule has 25 heavy (non-hydrogen) atoms. The quantitative estimate of drug-likeness (QED) is 0.559. The van der Waals surface area contributed by atoms with Crippen molar-refractivity contribution in [1.82, 2.24) is 25.4 Å². The van der Waals surface area contributed by atoms with Crippen LogP contribution < -0.4 is 5.32 Å². The van der Waals surface area contributed by atoms with Crippen LogP contribution in [-0.4, -0.2) is 57.3 Å². The minimum atomic E-state index is -1.12. The summed E-state index contributed by atoms with van der Waals surface area (Å²) in [5, 5.41) is 20.8. The van der Waals surface area contributed by atoms with Crippen molar-refractivity contribution in [3.05, 3.63) is 36.3 Å². The second-order valence-corrected chi connectivity index (χ2v) is 6.55. The molecule has 0 aliphatic carbocycles. The Morgan fingerprint density at radius 1 is 1.52 bits per heavy atom. The Kier molecular flexibility index (Phi) is 5.37. The summed E-state index contributed by atoms with van der Waals surface area (Å²) in [7, 11) is 0. The summed E-state index contributed by atoms with van der Waals surface area (Å²) in [5.41, 5.74) is -1.12. The topological polar surface area (TPSA) is 103 Å². The second kappa shape index (κ2) is 7.69. The Morgan fingerprint density at radius 2 is 2.32 bits per heavy atom. The lowest BCUT2D eigenvalue weighted by atomic mass is 9.96. The van der Waals surface area contributed by atoms with E-state index in [-0.39, 0.29) is 6.54 Å². The molecular weight excluding hydrogens is 320 g/mol. The molecule has 2 aromatic heterocycles. The van der Waals surface area contributed by atoms with E-state index in [0.717, 1.165) is 44.3 Å². The summed E-state index contributed by atoms with van der Waals surface area (Å²) in [6.07, 6.45) is 5.11. The van der Waals surface area contributed by atoms with Crippen molar-refractivity contribution in [2.45, 2.75) is 38.2 Å². The molecule has 0 amide bonds. The number of piperidine rings is 1. The van der Waals surface area contributed by atoms with E-state index in [1.165, 1.54) is 0 Å². The molecule has 1 fully saturated rings. The zero-order valence-electron chi connectivity index (χ0n) is 14.8. The van der Waals surface area contributed by atoms with Gasteiger partial charge in [-0.05, 0) is 38.8 Å². The van der Waals surface area contributed by atoms with E-state index in [0.29, 0.717) is 11.7 Å². The maximum atomic E-state index is 10.6. The summed E-state index contributed by atoms with van der Waals surface area (Å²) in [6.45, 7) is 6.56. The highest BCUT2D eigenvalue weighted by Gasteiger charge is 2.28. The Balaban J connectivity index is 1.63. The molecule has 0 bridgehead atoms. The van der Waals surface area contributed by atoms with Crippen LogP contribution in [0.4, 0.5) is 0 Å². The van der Waals surface area contributed by atoms with Gasteiger partial charge in [0.1, 0.15) is 23.5 Å². The minimum Gasteiger partial charge on any atom is -0.466 e. The molecule has 8 heteroatoms. The van der Waals surface area contributed by atoms with Gasteiger partial charge in [0.2, 0.25) is 0 Å². The first-order valence-corrected chi connectivity index (χ1v) is 8.75. The number of aliphatic hydroxyl groups is 1. The van der Waals surface area contributed by atoms with Crippen LogP contribution in [0.15, 0.2) is 34.1 Å². The highest BCUT2D eigenvalue weighted by Crippen LogP contribution is 2.25. The van der Waals surface area contributed by atoms with Crippen molar-refractivity contribution >= 4 is 5.96 Å². The van der Waals surface area contributed by atoms with Crippen LogP contribution in [0.3, 0.4) is 0 Å². The predicted octanol–water partition coefficient (Wildman–Crippen LogP) is 1.45. The second-order valence-electron chi connectivity index (χ2n) is 6.55. The van der Waals surface area contributed by atoms with Gasteiger partial charge in [0.15, 0.2) is 5.96 Å². The Labute approximate surface area is 147 Å². The lowest BCUT2D eigenvalue weighted by Crippen LogP contribution is -2.46. The van der Waals surface area contributed by atoms with Gasteiger partial charge in [-0.15, -0.1) is 0 Å². The molecule has 2 aromatic rings. The zero-order chi connectivity index (χ0) is 17.7. The third-order valence-corrected chi connectivity index (χ3v) is 4.54. The standard InChI is InChI=1S/C17H26N6O2/c1-3-18-16(19-11-17(2,24)14-5-4-10-25-14)23-8-6-13(7-9-23)15-20-12-21-22-15/h4-5,10,12-13,24H,3,6-9,11H2,1-2H3,(H,18,19)(H,20,21,22). The number of aliphatic imine (C=N–C) groups is 1. The van der Waals surface area contributed by atoms with Crippen LogP contribution >= 0.6 is 0 Å². The smallest absolute Gasteiger partial charge is 0.194 e. The Morgan fingerprint density at radius 3 is 2.92 bits per heavy atom. The van der Waals surface area contributed by atoms with Crippen LogP contribution in [0.2, 0.25) is 0 Å². The van der Waals surface area contributed by atoms with E-state index >= 15 is 0 Å². The fourth-order valence-electron chi connectivity index (χ4n) is 3.09. The third kappa shape index (κ3) is 4.19. The number of furan rings is 1. The molecule has 8 nitrogen and oxygen atoms in total. The molecule has 1 saturated heterocycles. The number of hydrogen-bond acceptors (Lipinski definition) is 5. The van der Waals surface area contributed by atoms with Crippen LogP contribution in [0, 0.1) is 0 Å². The van der Waals surface area contributed by atoms with E-state index in [4.69, 9.17) is 4.42 Å². The number of guanidine groups is 1. The number of aromatic nitrogens is 3. The first kappa shape index (κ1) is 17.5. The van der Waals surface area contributed by atoms with Crippen molar-refractivity contribution in [3.63, 3.8) is 0 Å². The van der Waals surface area contributed by atoms with Crippen LogP contribution in [0.5, 0.6) is 0 Å². The summed E-state index contributed by atoms with van der Waals surface area (Å²) in [4.78, 5) is 11.1. The number of nitrogens with zero attached hydrogens (tertiary/aromatic N) is 4. The average Bonchev–Trinajstić information content (AvgIpc) is 3.32. The van der Waals surface area contributed by atoms with Gasteiger partial charge in [-0.25, -0.2) is 9.98 Å². The molecule has 3 rings (SSSR count). The molecule has 1 unspecified atom stereocenters. The molecule has 3 heterocycles. The van der Waals surface area contributed by atoms with Gasteiger partial charge in [0, 0.05) is 25.6 Å². The normalized spacial score (nSPS) is 19.0. The first-order valence-electron chi connectivity index (χ1n) is 8.75. The molecule has 0 spiro atoms. The number of H-pyrrole nitrogens is 1. The molecular formula is C17H26N6O2. The SMILES string of the molecule is CCNC(=NCC(C)(O)c1ccco1)N1CCC(c2ncn[nH]2)CC1. The maximum Gasteiger partial charge on any atom is 0.194 e. The predicted molar refractivity (Wildman–Crippen MR) is 94.2 cm³/mol. The lowest BCUT2D eigenvalue weighted by Gasteiger charge is -2.34. The van der Waals surface area contributed by atoms with Gasteiger partial charge in [-0.2, -0.15) is 5.10 Å². The number of hydrogen-bond donors (Lipinski definition) is 3. The Hall–Kier alpha value is -2.35. The molecule has 3 N–H and O–H groups in total. The van der Waals surface area contributed by atoms with E-state index in [1.807, 2.05) is 6.92 Å². The molecule has 1 aliphatic heterocycles. The first-order chi connectivity index (χ1) is 12.1.